The van der Waals surface area contributed by atoms with Gasteiger partial charge in [-0.05, 0) is 62.2 Å². The van der Waals surface area contributed by atoms with Gasteiger partial charge in [-0.2, -0.15) is 0 Å². The van der Waals surface area contributed by atoms with Gasteiger partial charge < -0.3 is 19.7 Å². The van der Waals surface area contributed by atoms with Crippen LogP contribution in [0.25, 0.3) is 0 Å². The normalized spacial score (nSPS) is 11.9. The van der Waals surface area contributed by atoms with E-state index in [1.807, 2.05) is 13.8 Å². The molecular formula is C31H37Cl2N3O6S. The second-order valence-electron chi connectivity index (χ2n) is 9.94. The predicted molar refractivity (Wildman–Crippen MR) is 170 cm³/mol. The molecule has 0 spiro atoms. The molecule has 3 rings (SSSR count). The smallest absolute Gasteiger partial charge is 0.264 e. The number of benzene rings is 3. The van der Waals surface area contributed by atoms with Gasteiger partial charge in [0, 0.05) is 29.2 Å². The molecule has 0 fully saturated rings. The summed E-state index contributed by atoms with van der Waals surface area (Å²) in [4.78, 5) is 28.6. The van der Waals surface area contributed by atoms with Crippen molar-refractivity contribution < 1.29 is 27.5 Å². The number of methoxy groups -OCH3 is 2. The zero-order chi connectivity index (χ0) is 31.7. The van der Waals surface area contributed by atoms with Crippen molar-refractivity contribution >= 4 is 50.7 Å². The lowest BCUT2D eigenvalue weighted by Crippen LogP contribution is -2.51. The topological polar surface area (TPSA) is 105 Å². The first-order chi connectivity index (χ1) is 20.4. The molecule has 0 heterocycles. The van der Waals surface area contributed by atoms with E-state index in [2.05, 4.69) is 5.32 Å². The minimum Gasteiger partial charge on any atom is -0.493 e. The molecule has 0 radical (unpaired) electrons. The Morgan fingerprint density at radius 2 is 1.63 bits per heavy atom. The molecule has 9 nitrogen and oxygen atoms in total. The number of unbranched alkanes of at least 4 members (excludes halogenated alkanes) is 1. The summed E-state index contributed by atoms with van der Waals surface area (Å²) in [5, 5.41) is 3.58. The van der Waals surface area contributed by atoms with E-state index in [4.69, 9.17) is 32.7 Å². The number of hydrogen-bond donors (Lipinski definition) is 1. The number of carbonyl (C=O) groups is 2. The number of amides is 2. The van der Waals surface area contributed by atoms with Gasteiger partial charge >= 0.3 is 0 Å². The lowest BCUT2D eigenvalue weighted by atomic mass is 10.1. The molecule has 0 aliphatic carbocycles. The summed E-state index contributed by atoms with van der Waals surface area (Å²) in [5.74, 6) is -0.313. The van der Waals surface area contributed by atoms with Crippen LogP contribution in [-0.2, 0) is 26.2 Å². The largest absolute Gasteiger partial charge is 0.493 e. The molecule has 0 bridgehead atoms. The van der Waals surface area contributed by atoms with Crippen molar-refractivity contribution in [1.82, 2.24) is 10.2 Å². The van der Waals surface area contributed by atoms with E-state index in [1.54, 1.807) is 43.3 Å². The van der Waals surface area contributed by atoms with Gasteiger partial charge in [-0.3, -0.25) is 13.9 Å². The van der Waals surface area contributed by atoms with Crippen LogP contribution in [0.1, 0.15) is 37.8 Å². The fraction of sp³-hybridized carbons (Fsp3) is 0.355. The van der Waals surface area contributed by atoms with Crippen LogP contribution in [-0.4, -0.2) is 58.5 Å². The van der Waals surface area contributed by atoms with Crippen LogP contribution >= 0.6 is 23.2 Å². The number of anilines is 1. The van der Waals surface area contributed by atoms with E-state index in [0.29, 0.717) is 27.9 Å². The highest BCUT2D eigenvalue weighted by Gasteiger charge is 2.33. The number of carbonyl (C=O) groups excluding carboxylic acids is 2. The summed E-state index contributed by atoms with van der Waals surface area (Å²) in [6, 6.07) is 14.8. The van der Waals surface area contributed by atoms with Gasteiger partial charge in [0.25, 0.3) is 10.0 Å². The number of nitrogens with zero attached hydrogens (tertiary/aromatic N) is 2. The van der Waals surface area contributed by atoms with Crippen molar-refractivity contribution in [3.63, 3.8) is 0 Å². The molecule has 43 heavy (non-hydrogen) atoms. The van der Waals surface area contributed by atoms with E-state index in [9.17, 15) is 18.0 Å². The summed E-state index contributed by atoms with van der Waals surface area (Å²) >= 11 is 12.5. The lowest BCUT2D eigenvalue weighted by Gasteiger charge is -2.32. The molecule has 0 unspecified atom stereocenters. The summed E-state index contributed by atoms with van der Waals surface area (Å²) in [6.45, 7) is 5.23. The number of rotatable bonds is 14. The van der Waals surface area contributed by atoms with E-state index in [1.165, 1.54) is 43.4 Å². The molecule has 0 aliphatic heterocycles. The first kappa shape index (κ1) is 34.0. The van der Waals surface area contributed by atoms with Crippen LogP contribution in [0, 0.1) is 6.92 Å². The molecule has 0 saturated carbocycles. The highest BCUT2D eigenvalue weighted by atomic mass is 35.5. The maximum Gasteiger partial charge on any atom is 0.264 e. The third-order valence-corrected chi connectivity index (χ3v) is 9.27. The Kier molecular flexibility index (Phi) is 12.1. The van der Waals surface area contributed by atoms with Gasteiger partial charge in [-0.25, -0.2) is 8.42 Å². The Morgan fingerprint density at radius 3 is 2.23 bits per heavy atom. The molecule has 1 atom stereocenters. The number of nitrogens with one attached hydrogen (secondary N) is 1. The Balaban J connectivity index is 2.08. The molecule has 3 aromatic rings. The molecule has 1 N–H and O–H groups in total. The molecular weight excluding hydrogens is 613 g/mol. The van der Waals surface area contributed by atoms with Crippen molar-refractivity contribution in [3.05, 3.63) is 81.8 Å². The van der Waals surface area contributed by atoms with Crippen LogP contribution in [0.2, 0.25) is 10.0 Å². The van der Waals surface area contributed by atoms with Gasteiger partial charge in [-0.1, -0.05) is 60.3 Å². The van der Waals surface area contributed by atoms with E-state index >= 15 is 0 Å². The van der Waals surface area contributed by atoms with Gasteiger partial charge in [0.1, 0.15) is 12.6 Å². The second kappa shape index (κ2) is 15.3. The van der Waals surface area contributed by atoms with Crippen LogP contribution in [0.3, 0.4) is 0 Å². The number of aryl methyl sites for hydroxylation is 1. The van der Waals surface area contributed by atoms with Gasteiger partial charge in [0.05, 0.1) is 24.8 Å². The Labute approximate surface area is 263 Å². The highest BCUT2D eigenvalue weighted by Crippen LogP contribution is 2.34. The molecule has 2 amide bonds. The molecule has 0 aliphatic rings. The monoisotopic (exact) mass is 649 g/mol. The maximum atomic E-state index is 14.1. The van der Waals surface area contributed by atoms with Crippen molar-refractivity contribution in [2.45, 2.75) is 51.1 Å². The maximum absolute atomic E-state index is 14.1. The van der Waals surface area contributed by atoms with Crippen LogP contribution < -0.4 is 19.1 Å². The molecule has 12 heteroatoms. The summed E-state index contributed by atoms with van der Waals surface area (Å²) in [6.07, 6.45) is 1.66. The summed E-state index contributed by atoms with van der Waals surface area (Å²) in [5.41, 5.74) is 1.60. The minimum absolute atomic E-state index is 0.00154. The zero-order valence-electron chi connectivity index (χ0n) is 24.9. The second-order valence-corrected chi connectivity index (χ2v) is 12.6. The molecule has 3 aromatic carbocycles. The SMILES string of the molecule is CCCCNC(=O)[C@H](C)N(Cc1ccc(Cl)cc1Cl)C(=O)CN(c1ccc(OC)c(OC)c1)S(=O)(=O)c1ccc(C)cc1. The molecule has 0 saturated heterocycles. The van der Waals surface area contributed by atoms with Gasteiger partial charge in [-0.15, -0.1) is 0 Å². The Morgan fingerprint density at radius 1 is 0.953 bits per heavy atom. The number of halogens is 2. The molecule has 232 valence electrons. The van der Waals surface area contributed by atoms with E-state index < -0.39 is 28.5 Å². The fourth-order valence-corrected chi connectivity index (χ4v) is 6.17. The first-order valence-electron chi connectivity index (χ1n) is 13.8. The van der Waals surface area contributed by atoms with Gasteiger partial charge in [0.2, 0.25) is 11.8 Å². The van der Waals surface area contributed by atoms with Crippen molar-refractivity contribution in [2.24, 2.45) is 0 Å². The average molecular weight is 651 g/mol. The summed E-state index contributed by atoms with van der Waals surface area (Å²) < 4.78 is 39.8. The molecule has 0 aromatic heterocycles. The van der Waals surface area contributed by atoms with E-state index in [-0.39, 0.29) is 28.8 Å². The lowest BCUT2D eigenvalue weighted by molar-refractivity contribution is -0.139. The third kappa shape index (κ3) is 8.55. The fourth-order valence-electron chi connectivity index (χ4n) is 4.30. The van der Waals surface area contributed by atoms with Crippen molar-refractivity contribution in [1.29, 1.82) is 0 Å². The first-order valence-corrected chi connectivity index (χ1v) is 15.9. The number of sulfonamides is 1. The quantitative estimate of drug-likeness (QED) is 0.220. The van der Waals surface area contributed by atoms with Crippen LogP contribution in [0.4, 0.5) is 5.69 Å². The minimum atomic E-state index is -4.25. The Hall–Kier alpha value is -3.47. The van der Waals surface area contributed by atoms with Crippen LogP contribution in [0.5, 0.6) is 11.5 Å². The number of hydrogen-bond acceptors (Lipinski definition) is 6. The zero-order valence-corrected chi connectivity index (χ0v) is 27.2. The standard InChI is InChI=1S/C31H37Cl2N3O6S/c1-6-7-16-34-31(38)22(3)35(19-23-10-11-24(32)17-27(23)33)30(37)20-36(25-12-15-28(41-4)29(18-25)42-5)43(39,40)26-13-8-21(2)9-14-26/h8-15,17-18,22H,6-7,16,19-20H2,1-5H3,(H,34,38)/t22-/m0/s1. The van der Waals surface area contributed by atoms with Gasteiger partial charge in [0.15, 0.2) is 11.5 Å². The average Bonchev–Trinajstić information content (AvgIpc) is 2.98. The number of ether oxygens (including phenoxy) is 2. The van der Waals surface area contributed by atoms with Crippen LogP contribution in [0.15, 0.2) is 65.6 Å². The Bertz CT molecular complexity index is 1530. The highest BCUT2D eigenvalue weighted by molar-refractivity contribution is 7.92. The van der Waals surface area contributed by atoms with Crippen molar-refractivity contribution in [3.8, 4) is 11.5 Å². The predicted octanol–water partition coefficient (Wildman–Crippen LogP) is 5.85. The summed E-state index contributed by atoms with van der Waals surface area (Å²) in [7, 11) is -1.35. The van der Waals surface area contributed by atoms with Crippen molar-refractivity contribution in [2.75, 3.05) is 31.6 Å². The third-order valence-electron chi connectivity index (χ3n) is 6.90. The van der Waals surface area contributed by atoms with E-state index in [0.717, 1.165) is 22.7 Å².